The Morgan fingerprint density at radius 3 is 2.78 bits per heavy atom. The van der Waals surface area contributed by atoms with Crippen LogP contribution in [-0.4, -0.2) is 36.9 Å². The summed E-state index contributed by atoms with van der Waals surface area (Å²) in [6.07, 6.45) is -0.217. The number of hydrogen-bond acceptors (Lipinski definition) is 3. The number of rotatable bonds is 3. The third-order valence-corrected chi connectivity index (χ3v) is 1.48. The quantitative estimate of drug-likeness (QED) is 0.456. The number of nitrogens with one attached hydrogen (secondary N) is 2. The lowest BCUT2D eigenvalue weighted by Crippen LogP contribution is -2.56. The zero-order chi connectivity index (χ0) is 6.69. The highest BCUT2D eigenvalue weighted by Gasteiger charge is 2.15. The summed E-state index contributed by atoms with van der Waals surface area (Å²) in [5, 5.41) is 15.2. The maximum absolute atomic E-state index is 8.84. The molecule has 0 radical (unpaired) electrons. The molecule has 0 saturated carbocycles. The molecule has 3 N–H and O–H groups in total. The summed E-state index contributed by atoms with van der Waals surface area (Å²) < 4.78 is 0. The molecule has 0 aromatic rings. The maximum Gasteiger partial charge on any atom is 0.0636 e. The van der Waals surface area contributed by atoms with Crippen LogP contribution in [0.3, 0.4) is 0 Å². The third-order valence-electron chi connectivity index (χ3n) is 1.48. The predicted octanol–water partition coefficient (Wildman–Crippen LogP) is -1.07. The zero-order valence-electron chi connectivity index (χ0n) is 5.72. The fourth-order valence-corrected chi connectivity index (χ4v) is 0.770. The van der Waals surface area contributed by atoms with E-state index < -0.39 is 0 Å². The van der Waals surface area contributed by atoms with Crippen molar-refractivity contribution in [1.29, 1.82) is 0 Å². The summed E-state index contributed by atoms with van der Waals surface area (Å²) >= 11 is 0. The highest BCUT2D eigenvalue weighted by molar-refractivity contribution is 4.81. The van der Waals surface area contributed by atoms with Gasteiger partial charge in [-0.15, -0.1) is 0 Å². The van der Waals surface area contributed by atoms with Gasteiger partial charge in [0.05, 0.1) is 6.10 Å². The first-order valence-electron chi connectivity index (χ1n) is 3.41. The van der Waals surface area contributed by atoms with Crippen LogP contribution in [0.1, 0.15) is 6.92 Å². The predicted molar refractivity (Wildman–Crippen MR) is 36.3 cm³/mol. The summed E-state index contributed by atoms with van der Waals surface area (Å²) in [6.45, 7) is 4.60. The van der Waals surface area contributed by atoms with Crippen molar-refractivity contribution in [1.82, 2.24) is 10.6 Å². The summed E-state index contributed by atoms with van der Waals surface area (Å²) in [5.74, 6) is 0. The van der Waals surface area contributed by atoms with Gasteiger partial charge in [-0.2, -0.15) is 0 Å². The monoisotopic (exact) mass is 130 g/mol. The van der Waals surface area contributed by atoms with Crippen LogP contribution in [-0.2, 0) is 0 Å². The minimum Gasteiger partial charge on any atom is -0.392 e. The molecule has 0 aromatic carbocycles. The van der Waals surface area contributed by atoms with Crippen molar-refractivity contribution in [2.45, 2.75) is 19.1 Å². The van der Waals surface area contributed by atoms with Crippen LogP contribution < -0.4 is 10.6 Å². The topological polar surface area (TPSA) is 44.3 Å². The Hall–Kier alpha value is -0.120. The lowest BCUT2D eigenvalue weighted by Gasteiger charge is -2.28. The van der Waals surface area contributed by atoms with Gasteiger partial charge in [-0.25, -0.2) is 0 Å². The Labute approximate surface area is 55.5 Å². The number of aliphatic hydroxyl groups is 1. The van der Waals surface area contributed by atoms with E-state index in [1.165, 1.54) is 0 Å². The second-order valence-corrected chi connectivity index (χ2v) is 2.61. The zero-order valence-corrected chi connectivity index (χ0v) is 5.72. The minimum absolute atomic E-state index is 0.217. The molecular formula is C6H14N2O. The van der Waals surface area contributed by atoms with Crippen LogP contribution in [0.15, 0.2) is 0 Å². The first-order valence-corrected chi connectivity index (χ1v) is 3.41. The van der Waals surface area contributed by atoms with E-state index in [0.29, 0.717) is 12.6 Å². The van der Waals surface area contributed by atoms with E-state index in [-0.39, 0.29) is 6.10 Å². The Bertz CT molecular complexity index is 81.1. The van der Waals surface area contributed by atoms with Gasteiger partial charge in [0.2, 0.25) is 0 Å². The van der Waals surface area contributed by atoms with Crippen molar-refractivity contribution in [3.05, 3.63) is 0 Å². The molecule has 0 spiro atoms. The van der Waals surface area contributed by atoms with Gasteiger partial charge >= 0.3 is 0 Å². The van der Waals surface area contributed by atoms with Crippen LogP contribution in [0.4, 0.5) is 0 Å². The van der Waals surface area contributed by atoms with Crippen molar-refractivity contribution in [2.75, 3.05) is 19.6 Å². The van der Waals surface area contributed by atoms with Gasteiger partial charge in [-0.1, -0.05) is 0 Å². The van der Waals surface area contributed by atoms with E-state index in [0.717, 1.165) is 13.1 Å². The summed E-state index contributed by atoms with van der Waals surface area (Å²) in [4.78, 5) is 0. The van der Waals surface area contributed by atoms with Crippen LogP contribution in [0, 0.1) is 0 Å². The molecular weight excluding hydrogens is 116 g/mol. The Balaban J connectivity index is 1.91. The smallest absolute Gasteiger partial charge is 0.0636 e. The van der Waals surface area contributed by atoms with Crippen molar-refractivity contribution in [2.24, 2.45) is 0 Å². The first-order chi connectivity index (χ1) is 4.29. The van der Waals surface area contributed by atoms with Crippen molar-refractivity contribution in [3.63, 3.8) is 0 Å². The van der Waals surface area contributed by atoms with E-state index >= 15 is 0 Å². The fraction of sp³-hybridized carbons (Fsp3) is 1.00. The van der Waals surface area contributed by atoms with Crippen LogP contribution in [0.25, 0.3) is 0 Å². The molecule has 3 heteroatoms. The summed E-state index contributed by atoms with van der Waals surface area (Å²) in [5.41, 5.74) is 0. The van der Waals surface area contributed by atoms with Crippen LogP contribution in [0.5, 0.6) is 0 Å². The SMILES string of the molecule is CC(O)CNC1CNC1. The molecule has 1 unspecified atom stereocenters. The van der Waals surface area contributed by atoms with E-state index in [9.17, 15) is 0 Å². The number of aliphatic hydroxyl groups excluding tert-OH is 1. The third kappa shape index (κ3) is 2.30. The fourth-order valence-electron chi connectivity index (χ4n) is 0.770. The highest BCUT2D eigenvalue weighted by atomic mass is 16.3. The first kappa shape index (κ1) is 6.99. The Morgan fingerprint density at radius 2 is 2.44 bits per heavy atom. The van der Waals surface area contributed by atoms with Crippen LogP contribution in [0.2, 0.25) is 0 Å². The van der Waals surface area contributed by atoms with Gasteiger partial charge in [0.15, 0.2) is 0 Å². The standard InChI is InChI=1S/C6H14N2O/c1-5(9)2-8-6-3-7-4-6/h5-9H,2-4H2,1H3. The Morgan fingerprint density at radius 1 is 1.78 bits per heavy atom. The van der Waals surface area contributed by atoms with Crippen molar-refractivity contribution >= 4 is 0 Å². The normalized spacial score (nSPS) is 23.3. The van der Waals surface area contributed by atoms with Crippen molar-refractivity contribution < 1.29 is 5.11 Å². The molecule has 0 amide bonds. The molecule has 1 heterocycles. The second kappa shape index (κ2) is 3.15. The van der Waals surface area contributed by atoms with Gasteiger partial charge < -0.3 is 15.7 Å². The summed E-state index contributed by atoms with van der Waals surface area (Å²) in [6, 6.07) is 0.597. The molecule has 54 valence electrons. The molecule has 0 bridgehead atoms. The second-order valence-electron chi connectivity index (χ2n) is 2.61. The molecule has 1 saturated heterocycles. The van der Waals surface area contributed by atoms with Crippen LogP contribution >= 0.6 is 0 Å². The summed E-state index contributed by atoms with van der Waals surface area (Å²) in [7, 11) is 0. The lowest BCUT2D eigenvalue weighted by molar-refractivity contribution is 0.180. The van der Waals surface area contributed by atoms with Crippen molar-refractivity contribution in [3.8, 4) is 0 Å². The van der Waals surface area contributed by atoms with E-state index in [1.54, 1.807) is 6.92 Å². The van der Waals surface area contributed by atoms with E-state index in [1.807, 2.05) is 0 Å². The molecule has 9 heavy (non-hydrogen) atoms. The maximum atomic E-state index is 8.84. The van der Waals surface area contributed by atoms with E-state index in [2.05, 4.69) is 10.6 Å². The largest absolute Gasteiger partial charge is 0.392 e. The molecule has 1 atom stereocenters. The molecule has 1 rings (SSSR count). The van der Waals surface area contributed by atoms with Gasteiger partial charge in [0, 0.05) is 25.7 Å². The highest BCUT2D eigenvalue weighted by Crippen LogP contribution is 1.89. The van der Waals surface area contributed by atoms with Gasteiger partial charge in [-0.3, -0.25) is 0 Å². The molecule has 1 fully saturated rings. The van der Waals surface area contributed by atoms with Gasteiger partial charge in [0.1, 0.15) is 0 Å². The number of hydrogen-bond donors (Lipinski definition) is 3. The average Bonchev–Trinajstić information content (AvgIpc) is 1.60. The molecule has 3 nitrogen and oxygen atoms in total. The Kier molecular flexibility index (Phi) is 2.45. The average molecular weight is 130 g/mol. The minimum atomic E-state index is -0.217. The lowest BCUT2D eigenvalue weighted by atomic mass is 10.2. The molecule has 0 aromatic heterocycles. The molecule has 0 aliphatic carbocycles. The van der Waals surface area contributed by atoms with E-state index in [4.69, 9.17) is 5.11 Å². The molecule has 1 aliphatic heterocycles. The van der Waals surface area contributed by atoms with Gasteiger partial charge in [-0.05, 0) is 6.92 Å². The molecule has 1 aliphatic rings. The van der Waals surface area contributed by atoms with Gasteiger partial charge in [0.25, 0.3) is 0 Å².